The molecule has 1 aliphatic heterocycles. The van der Waals surface area contributed by atoms with E-state index < -0.39 is 0 Å². The van der Waals surface area contributed by atoms with E-state index in [0.29, 0.717) is 6.54 Å². The van der Waals surface area contributed by atoms with Gasteiger partial charge in [0.2, 0.25) is 0 Å². The highest BCUT2D eigenvalue weighted by atomic mass is 16.5. The van der Waals surface area contributed by atoms with Crippen molar-refractivity contribution >= 4 is 6.09 Å². The maximum absolute atomic E-state index is 11.3. The molecular weight excluding hydrogens is 214 g/mol. The summed E-state index contributed by atoms with van der Waals surface area (Å²) in [4.78, 5) is 13.1. The third-order valence-electron chi connectivity index (χ3n) is 2.81. The van der Waals surface area contributed by atoms with Crippen molar-refractivity contribution in [3.8, 4) is 0 Å². The number of hydrogen-bond donors (Lipinski definition) is 0. The van der Waals surface area contributed by atoms with Crippen LogP contribution in [0, 0.1) is 6.92 Å². The van der Waals surface area contributed by atoms with E-state index in [0.717, 1.165) is 13.0 Å². The molecule has 1 aromatic carbocycles. The maximum atomic E-state index is 11.3. The molecule has 2 rings (SSSR count). The predicted octanol–water partition coefficient (Wildman–Crippen LogP) is 3.15. The average Bonchev–Trinajstić information content (AvgIpc) is 2.39. The molecule has 0 unspecified atom stereocenters. The molecule has 0 spiro atoms. The summed E-state index contributed by atoms with van der Waals surface area (Å²) in [6.07, 6.45) is 0.688. The monoisotopic (exact) mass is 235 g/mol. The van der Waals surface area contributed by atoms with Gasteiger partial charge in [0, 0.05) is 13.1 Å². The number of methoxy groups -OCH3 is 1. The van der Waals surface area contributed by atoms with E-state index in [1.165, 1.54) is 23.8 Å². The van der Waals surface area contributed by atoms with Crippen LogP contribution < -0.4 is 0 Å². The van der Waals surface area contributed by atoms with Gasteiger partial charge in [0.15, 0.2) is 0 Å². The number of hydrogen-bond acceptors (Lipinski definition) is 2. The van der Waals surface area contributed by atoms with E-state index in [1.54, 1.807) is 4.90 Å². The summed E-state index contributed by atoms with van der Waals surface area (Å²) in [6, 6.07) is 6.38. The molecule has 0 bridgehead atoms. The van der Waals surface area contributed by atoms with Gasteiger partial charge in [-0.2, -0.15) is 0 Å². The highest BCUT2D eigenvalue weighted by molar-refractivity contribution is 5.68. The molecule has 0 fully saturated rings. The first-order valence-electron chi connectivity index (χ1n) is 6.12. The first kappa shape index (κ1) is 13.6. The van der Waals surface area contributed by atoms with Crippen LogP contribution in [0.15, 0.2) is 18.2 Å². The van der Waals surface area contributed by atoms with Crippen LogP contribution in [-0.4, -0.2) is 24.6 Å². The topological polar surface area (TPSA) is 29.5 Å². The molecule has 94 valence electrons. The second-order valence-corrected chi connectivity index (χ2v) is 3.91. The highest BCUT2D eigenvalue weighted by Crippen LogP contribution is 2.20. The average molecular weight is 235 g/mol. The third kappa shape index (κ3) is 3.22. The molecule has 1 heterocycles. The van der Waals surface area contributed by atoms with Crippen LogP contribution in [0.3, 0.4) is 0 Å². The van der Waals surface area contributed by atoms with E-state index in [4.69, 9.17) is 4.74 Å². The molecule has 3 heteroatoms. The van der Waals surface area contributed by atoms with Gasteiger partial charge in [0.25, 0.3) is 0 Å². The lowest BCUT2D eigenvalue weighted by Crippen LogP contribution is -2.35. The SMILES string of the molecule is CC.COC(=O)N1CCc2cc(C)ccc2C1. The Morgan fingerprint density at radius 2 is 2.00 bits per heavy atom. The Hall–Kier alpha value is -1.51. The molecule has 0 aliphatic carbocycles. The largest absolute Gasteiger partial charge is 0.453 e. The summed E-state index contributed by atoms with van der Waals surface area (Å²) >= 11 is 0. The van der Waals surface area contributed by atoms with Gasteiger partial charge in [0.1, 0.15) is 0 Å². The Morgan fingerprint density at radius 3 is 2.65 bits per heavy atom. The Bertz CT molecular complexity index is 388. The zero-order chi connectivity index (χ0) is 12.8. The summed E-state index contributed by atoms with van der Waals surface area (Å²) in [7, 11) is 1.42. The zero-order valence-corrected chi connectivity index (χ0v) is 11.1. The van der Waals surface area contributed by atoms with Crippen molar-refractivity contribution in [2.24, 2.45) is 0 Å². The van der Waals surface area contributed by atoms with Gasteiger partial charge in [-0.1, -0.05) is 37.6 Å². The minimum Gasteiger partial charge on any atom is -0.453 e. The molecule has 1 aromatic rings. The number of carbonyl (C=O) groups excluding carboxylic acids is 1. The van der Waals surface area contributed by atoms with Gasteiger partial charge >= 0.3 is 6.09 Å². The second-order valence-electron chi connectivity index (χ2n) is 3.91. The minimum absolute atomic E-state index is 0.235. The van der Waals surface area contributed by atoms with Crippen molar-refractivity contribution in [3.63, 3.8) is 0 Å². The van der Waals surface area contributed by atoms with Crippen LogP contribution in [0.1, 0.15) is 30.5 Å². The number of fused-ring (bicyclic) bond motifs is 1. The van der Waals surface area contributed by atoms with Gasteiger partial charge < -0.3 is 9.64 Å². The summed E-state index contributed by atoms with van der Waals surface area (Å²) in [5.41, 5.74) is 3.87. The first-order valence-corrected chi connectivity index (χ1v) is 6.12. The summed E-state index contributed by atoms with van der Waals surface area (Å²) < 4.78 is 4.72. The van der Waals surface area contributed by atoms with Crippen LogP contribution in [0.5, 0.6) is 0 Å². The van der Waals surface area contributed by atoms with Gasteiger partial charge in [0.05, 0.1) is 7.11 Å². The Labute approximate surface area is 103 Å². The Balaban J connectivity index is 0.000000686. The molecule has 1 amide bonds. The van der Waals surface area contributed by atoms with E-state index in [1.807, 2.05) is 13.8 Å². The molecule has 0 N–H and O–H groups in total. The third-order valence-corrected chi connectivity index (χ3v) is 2.81. The van der Waals surface area contributed by atoms with Crippen LogP contribution in [0.2, 0.25) is 0 Å². The second kappa shape index (κ2) is 6.28. The van der Waals surface area contributed by atoms with E-state index in [2.05, 4.69) is 25.1 Å². The van der Waals surface area contributed by atoms with Crippen molar-refractivity contribution in [1.82, 2.24) is 4.90 Å². The molecule has 0 aromatic heterocycles. The number of carbonyl (C=O) groups is 1. The van der Waals surface area contributed by atoms with Crippen molar-refractivity contribution in [2.75, 3.05) is 13.7 Å². The molecule has 0 saturated carbocycles. The van der Waals surface area contributed by atoms with Gasteiger partial charge in [-0.15, -0.1) is 0 Å². The quantitative estimate of drug-likeness (QED) is 0.691. The molecule has 0 saturated heterocycles. The van der Waals surface area contributed by atoms with E-state index in [-0.39, 0.29) is 6.09 Å². The lowest BCUT2D eigenvalue weighted by Gasteiger charge is -2.27. The van der Waals surface area contributed by atoms with Crippen LogP contribution >= 0.6 is 0 Å². The van der Waals surface area contributed by atoms with Crippen molar-refractivity contribution in [3.05, 3.63) is 34.9 Å². The number of benzene rings is 1. The molecular formula is C14H21NO2. The zero-order valence-electron chi connectivity index (χ0n) is 11.1. The van der Waals surface area contributed by atoms with Gasteiger partial charge in [-0.25, -0.2) is 4.79 Å². The molecule has 3 nitrogen and oxygen atoms in total. The number of nitrogens with zero attached hydrogens (tertiary/aromatic N) is 1. The van der Waals surface area contributed by atoms with Crippen LogP contribution in [0.25, 0.3) is 0 Å². The number of amides is 1. The van der Waals surface area contributed by atoms with Crippen LogP contribution in [-0.2, 0) is 17.7 Å². The fraction of sp³-hybridized carbons (Fsp3) is 0.500. The molecule has 1 aliphatic rings. The van der Waals surface area contributed by atoms with Gasteiger partial charge in [-0.05, 0) is 24.5 Å². The lowest BCUT2D eigenvalue weighted by atomic mass is 9.98. The van der Waals surface area contributed by atoms with E-state index >= 15 is 0 Å². The normalized spacial score (nSPS) is 13.3. The standard InChI is InChI=1S/C12H15NO2.C2H6/c1-9-3-4-11-8-13(12(14)15-2)6-5-10(11)7-9;1-2/h3-4,7H,5-6,8H2,1-2H3;1-2H3. The Kier molecular flexibility index (Phi) is 5.01. The first-order chi connectivity index (χ1) is 8.20. The van der Waals surface area contributed by atoms with Crippen LogP contribution in [0.4, 0.5) is 4.79 Å². The Morgan fingerprint density at radius 1 is 1.29 bits per heavy atom. The fourth-order valence-corrected chi connectivity index (χ4v) is 1.97. The molecule has 0 atom stereocenters. The van der Waals surface area contributed by atoms with Crippen molar-refractivity contribution < 1.29 is 9.53 Å². The van der Waals surface area contributed by atoms with Crippen molar-refractivity contribution in [1.29, 1.82) is 0 Å². The highest BCUT2D eigenvalue weighted by Gasteiger charge is 2.20. The van der Waals surface area contributed by atoms with E-state index in [9.17, 15) is 4.79 Å². The molecule has 17 heavy (non-hydrogen) atoms. The minimum atomic E-state index is -0.235. The summed E-state index contributed by atoms with van der Waals surface area (Å²) in [5.74, 6) is 0. The summed E-state index contributed by atoms with van der Waals surface area (Å²) in [5, 5.41) is 0. The fourth-order valence-electron chi connectivity index (χ4n) is 1.97. The van der Waals surface area contributed by atoms with Gasteiger partial charge in [-0.3, -0.25) is 0 Å². The number of ether oxygens (including phenoxy) is 1. The molecule has 0 radical (unpaired) electrons. The predicted molar refractivity (Wildman–Crippen MR) is 69.0 cm³/mol. The lowest BCUT2D eigenvalue weighted by molar-refractivity contribution is 0.118. The number of aryl methyl sites for hydroxylation is 1. The summed E-state index contributed by atoms with van der Waals surface area (Å²) in [6.45, 7) is 7.51. The maximum Gasteiger partial charge on any atom is 0.409 e. The smallest absolute Gasteiger partial charge is 0.409 e. The van der Waals surface area contributed by atoms with Crippen molar-refractivity contribution in [2.45, 2.75) is 33.7 Å². The number of rotatable bonds is 0.